The molecule has 104 valence electrons. The summed E-state index contributed by atoms with van der Waals surface area (Å²) in [5, 5.41) is 4.45. The average molecular weight is 269 g/mol. The topological polar surface area (TPSA) is 61.7 Å². The fraction of sp³-hybridized carbons (Fsp3) is 0.333. The number of benzene rings is 1. The first-order chi connectivity index (χ1) is 9.67. The maximum Gasteiger partial charge on any atom is 0.110 e. The number of anilines is 1. The summed E-state index contributed by atoms with van der Waals surface area (Å²) in [5.74, 6) is 1.10. The standard InChI is InChI=1S/C15H19N5/c1-3-4-15-17-13-9-11(16)5-6-14(13)20(15)10-12-7-8-19(2)18-12/h5-9H,3-4,10,16H2,1-2H3. The van der Waals surface area contributed by atoms with Gasteiger partial charge in [-0.3, -0.25) is 4.68 Å². The minimum Gasteiger partial charge on any atom is -0.399 e. The number of aromatic nitrogens is 4. The number of imidazole rings is 1. The molecule has 2 heterocycles. The Hall–Kier alpha value is -2.30. The lowest BCUT2D eigenvalue weighted by molar-refractivity contribution is 0.681. The molecule has 5 heteroatoms. The molecular formula is C15H19N5. The molecule has 0 aliphatic heterocycles. The van der Waals surface area contributed by atoms with Gasteiger partial charge in [-0.1, -0.05) is 6.92 Å². The zero-order valence-electron chi connectivity index (χ0n) is 11.9. The molecule has 0 bridgehead atoms. The first kappa shape index (κ1) is 12.7. The molecule has 0 atom stereocenters. The highest BCUT2D eigenvalue weighted by atomic mass is 15.3. The molecule has 2 N–H and O–H groups in total. The minimum atomic E-state index is 0.747. The van der Waals surface area contributed by atoms with Crippen LogP contribution in [0.1, 0.15) is 24.9 Å². The third-order valence-electron chi connectivity index (χ3n) is 3.41. The molecule has 0 amide bonds. The Morgan fingerprint density at radius 1 is 1.25 bits per heavy atom. The third kappa shape index (κ3) is 2.27. The van der Waals surface area contributed by atoms with Gasteiger partial charge in [-0.05, 0) is 30.7 Å². The van der Waals surface area contributed by atoms with Gasteiger partial charge in [-0.2, -0.15) is 5.10 Å². The molecule has 3 rings (SSSR count). The van der Waals surface area contributed by atoms with Gasteiger partial charge in [-0.15, -0.1) is 0 Å². The molecule has 20 heavy (non-hydrogen) atoms. The number of aryl methyl sites for hydroxylation is 2. The van der Waals surface area contributed by atoms with Crippen LogP contribution in [0.2, 0.25) is 0 Å². The molecule has 1 aromatic carbocycles. The van der Waals surface area contributed by atoms with E-state index < -0.39 is 0 Å². The van der Waals surface area contributed by atoms with E-state index in [4.69, 9.17) is 10.7 Å². The fourth-order valence-electron chi connectivity index (χ4n) is 2.50. The number of rotatable bonds is 4. The molecule has 2 aromatic heterocycles. The zero-order valence-corrected chi connectivity index (χ0v) is 11.9. The van der Waals surface area contributed by atoms with Gasteiger partial charge in [0.15, 0.2) is 0 Å². The van der Waals surface area contributed by atoms with Crippen LogP contribution in [0.25, 0.3) is 11.0 Å². The fourth-order valence-corrected chi connectivity index (χ4v) is 2.50. The molecular weight excluding hydrogens is 250 g/mol. The summed E-state index contributed by atoms with van der Waals surface area (Å²) in [6.45, 7) is 2.91. The Kier molecular flexibility index (Phi) is 3.18. The van der Waals surface area contributed by atoms with E-state index in [9.17, 15) is 0 Å². The van der Waals surface area contributed by atoms with E-state index in [-0.39, 0.29) is 0 Å². The van der Waals surface area contributed by atoms with E-state index in [1.165, 1.54) is 0 Å². The highest BCUT2D eigenvalue weighted by Crippen LogP contribution is 2.21. The van der Waals surface area contributed by atoms with Crippen molar-refractivity contribution in [3.05, 3.63) is 42.0 Å². The van der Waals surface area contributed by atoms with Gasteiger partial charge >= 0.3 is 0 Å². The predicted molar refractivity (Wildman–Crippen MR) is 80.5 cm³/mol. The van der Waals surface area contributed by atoms with E-state index >= 15 is 0 Å². The van der Waals surface area contributed by atoms with E-state index in [0.717, 1.165) is 47.6 Å². The van der Waals surface area contributed by atoms with Crippen LogP contribution in [0.5, 0.6) is 0 Å². The van der Waals surface area contributed by atoms with Gasteiger partial charge in [0.2, 0.25) is 0 Å². The molecule has 0 spiro atoms. The summed E-state index contributed by atoms with van der Waals surface area (Å²) >= 11 is 0. The van der Waals surface area contributed by atoms with Gasteiger partial charge in [0.25, 0.3) is 0 Å². The molecule has 5 nitrogen and oxygen atoms in total. The second-order valence-corrected chi connectivity index (χ2v) is 5.09. The van der Waals surface area contributed by atoms with Crippen molar-refractivity contribution in [2.45, 2.75) is 26.3 Å². The van der Waals surface area contributed by atoms with Gasteiger partial charge in [0.05, 0.1) is 23.3 Å². The van der Waals surface area contributed by atoms with Gasteiger partial charge in [0, 0.05) is 25.4 Å². The Labute approximate surface area is 118 Å². The maximum atomic E-state index is 5.85. The molecule has 3 aromatic rings. The van der Waals surface area contributed by atoms with Crippen molar-refractivity contribution in [1.29, 1.82) is 0 Å². The van der Waals surface area contributed by atoms with E-state index in [1.54, 1.807) is 0 Å². The van der Waals surface area contributed by atoms with Crippen LogP contribution in [0.15, 0.2) is 30.5 Å². The number of nitrogen functional groups attached to an aromatic ring is 1. The second kappa shape index (κ2) is 5.00. The van der Waals surface area contributed by atoms with Crippen LogP contribution < -0.4 is 5.73 Å². The monoisotopic (exact) mass is 269 g/mol. The van der Waals surface area contributed by atoms with E-state index in [2.05, 4.69) is 16.6 Å². The van der Waals surface area contributed by atoms with Crippen molar-refractivity contribution < 1.29 is 0 Å². The summed E-state index contributed by atoms with van der Waals surface area (Å²) in [6.07, 6.45) is 3.99. The quantitative estimate of drug-likeness (QED) is 0.740. The lowest BCUT2D eigenvalue weighted by Crippen LogP contribution is -2.06. The van der Waals surface area contributed by atoms with E-state index in [0.29, 0.717) is 0 Å². The Bertz CT molecular complexity index is 738. The van der Waals surface area contributed by atoms with Crippen molar-refractivity contribution in [1.82, 2.24) is 19.3 Å². The van der Waals surface area contributed by atoms with Crippen LogP contribution in [0, 0.1) is 0 Å². The number of fused-ring (bicyclic) bond motifs is 1. The minimum absolute atomic E-state index is 0.747. The molecule has 0 fully saturated rings. The number of nitrogens with zero attached hydrogens (tertiary/aromatic N) is 4. The van der Waals surface area contributed by atoms with Crippen molar-refractivity contribution in [2.75, 3.05) is 5.73 Å². The Morgan fingerprint density at radius 3 is 2.80 bits per heavy atom. The second-order valence-electron chi connectivity index (χ2n) is 5.09. The summed E-state index contributed by atoms with van der Waals surface area (Å²) in [4.78, 5) is 4.71. The lowest BCUT2D eigenvalue weighted by atomic mass is 10.2. The van der Waals surface area contributed by atoms with Gasteiger partial charge < -0.3 is 10.3 Å². The number of hydrogen-bond acceptors (Lipinski definition) is 3. The van der Waals surface area contributed by atoms with E-state index in [1.807, 2.05) is 42.2 Å². The largest absolute Gasteiger partial charge is 0.399 e. The van der Waals surface area contributed by atoms with Crippen LogP contribution in [-0.2, 0) is 20.0 Å². The van der Waals surface area contributed by atoms with Crippen LogP contribution in [0.3, 0.4) is 0 Å². The molecule has 0 saturated carbocycles. The first-order valence-electron chi connectivity index (χ1n) is 6.90. The number of nitrogens with two attached hydrogens (primary N) is 1. The van der Waals surface area contributed by atoms with Crippen LogP contribution >= 0.6 is 0 Å². The summed E-state index contributed by atoms with van der Waals surface area (Å²) < 4.78 is 4.06. The smallest absolute Gasteiger partial charge is 0.110 e. The molecule has 0 aliphatic rings. The summed E-state index contributed by atoms with van der Waals surface area (Å²) in [6, 6.07) is 7.94. The highest BCUT2D eigenvalue weighted by molar-refractivity contribution is 5.79. The maximum absolute atomic E-state index is 5.85. The predicted octanol–water partition coefficient (Wildman–Crippen LogP) is 2.35. The van der Waals surface area contributed by atoms with Crippen LogP contribution in [0.4, 0.5) is 5.69 Å². The normalized spacial score (nSPS) is 11.3. The van der Waals surface area contributed by atoms with Crippen molar-refractivity contribution >= 4 is 16.7 Å². The van der Waals surface area contributed by atoms with Crippen molar-refractivity contribution in [3.8, 4) is 0 Å². The third-order valence-corrected chi connectivity index (χ3v) is 3.41. The molecule has 0 saturated heterocycles. The Balaban J connectivity index is 2.08. The molecule has 0 aliphatic carbocycles. The van der Waals surface area contributed by atoms with Crippen molar-refractivity contribution in [3.63, 3.8) is 0 Å². The zero-order chi connectivity index (χ0) is 14.1. The molecule has 0 unspecified atom stereocenters. The number of hydrogen-bond donors (Lipinski definition) is 1. The summed E-state index contributed by atoms with van der Waals surface area (Å²) in [7, 11) is 1.93. The van der Waals surface area contributed by atoms with Gasteiger partial charge in [-0.25, -0.2) is 4.98 Å². The van der Waals surface area contributed by atoms with Crippen LogP contribution in [-0.4, -0.2) is 19.3 Å². The average Bonchev–Trinajstić information content (AvgIpc) is 2.95. The van der Waals surface area contributed by atoms with Gasteiger partial charge in [0.1, 0.15) is 5.82 Å². The summed E-state index contributed by atoms with van der Waals surface area (Å²) in [5.41, 5.74) is 9.72. The molecule has 0 radical (unpaired) electrons. The first-order valence-corrected chi connectivity index (χ1v) is 6.90. The highest BCUT2D eigenvalue weighted by Gasteiger charge is 2.11. The Morgan fingerprint density at radius 2 is 2.10 bits per heavy atom. The SMILES string of the molecule is CCCc1nc2cc(N)ccc2n1Cc1ccn(C)n1. The lowest BCUT2D eigenvalue weighted by Gasteiger charge is -2.06. The van der Waals surface area contributed by atoms with Crippen molar-refractivity contribution in [2.24, 2.45) is 7.05 Å².